The summed E-state index contributed by atoms with van der Waals surface area (Å²) < 4.78 is 0. The maximum Gasteiger partial charge on any atom is 0.0540 e. The highest BCUT2D eigenvalue weighted by Gasteiger charge is 1.99. The average Bonchev–Trinajstić information content (AvgIpc) is 2.36. The molecule has 0 radical (unpaired) electrons. The van der Waals surface area contributed by atoms with Gasteiger partial charge in [-0.15, -0.1) is 0 Å². The molecule has 2 nitrogen and oxygen atoms in total. The standard InChI is InChI=1S/C15H21NOS/c1-16(2)10-12-18-13-15-9-4-3-7-14(15)8-5-6-11-17/h3-4,7,9,17H,6,10-13H2,1-2H3. The number of benzene rings is 1. The minimum Gasteiger partial charge on any atom is -0.395 e. The molecule has 0 fully saturated rings. The highest BCUT2D eigenvalue weighted by Crippen LogP contribution is 2.15. The molecule has 0 atom stereocenters. The van der Waals surface area contributed by atoms with Crippen LogP contribution < -0.4 is 0 Å². The van der Waals surface area contributed by atoms with Crippen LogP contribution >= 0.6 is 11.8 Å². The summed E-state index contributed by atoms with van der Waals surface area (Å²) in [5, 5.41) is 8.73. The van der Waals surface area contributed by atoms with Crippen LogP contribution in [0.5, 0.6) is 0 Å². The van der Waals surface area contributed by atoms with Crippen molar-refractivity contribution >= 4 is 11.8 Å². The smallest absolute Gasteiger partial charge is 0.0540 e. The predicted octanol–water partition coefficient (Wildman–Crippen LogP) is 2.22. The lowest BCUT2D eigenvalue weighted by Crippen LogP contribution is -2.14. The number of hydrogen-bond acceptors (Lipinski definition) is 3. The van der Waals surface area contributed by atoms with Crippen LogP contribution in [-0.4, -0.2) is 43.0 Å². The first-order valence-electron chi connectivity index (χ1n) is 6.14. The minimum atomic E-state index is 0.132. The van der Waals surface area contributed by atoms with Crippen molar-refractivity contribution in [3.63, 3.8) is 0 Å². The average molecular weight is 263 g/mol. The predicted molar refractivity (Wildman–Crippen MR) is 79.7 cm³/mol. The van der Waals surface area contributed by atoms with E-state index in [0.717, 1.165) is 23.6 Å². The molecule has 0 saturated heterocycles. The Balaban J connectivity index is 2.52. The van der Waals surface area contributed by atoms with Crippen molar-refractivity contribution in [1.82, 2.24) is 4.90 Å². The van der Waals surface area contributed by atoms with Crippen molar-refractivity contribution < 1.29 is 5.11 Å². The number of hydrogen-bond donors (Lipinski definition) is 1. The summed E-state index contributed by atoms with van der Waals surface area (Å²) in [6.07, 6.45) is 0.544. The fraction of sp³-hybridized carbons (Fsp3) is 0.467. The molecule has 0 unspecified atom stereocenters. The van der Waals surface area contributed by atoms with E-state index in [2.05, 4.69) is 43.0 Å². The van der Waals surface area contributed by atoms with E-state index in [1.807, 2.05) is 23.9 Å². The van der Waals surface area contributed by atoms with Crippen LogP contribution in [0, 0.1) is 11.8 Å². The number of thioether (sulfide) groups is 1. The molecule has 0 bridgehead atoms. The fourth-order valence-electron chi connectivity index (χ4n) is 1.41. The zero-order chi connectivity index (χ0) is 13.2. The second-order valence-electron chi connectivity index (χ2n) is 4.29. The second kappa shape index (κ2) is 9.04. The molecule has 0 aliphatic carbocycles. The summed E-state index contributed by atoms with van der Waals surface area (Å²) in [6.45, 7) is 1.23. The van der Waals surface area contributed by atoms with Crippen molar-refractivity contribution in [2.24, 2.45) is 0 Å². The molecule has 1 aromatic rings. The van der Waals surface area contributed by atoms with Gasteiger partial charge in [0.15, 0.2) is 0 Å². The topological polar surface area (TPSA) is 23.5 Å². The SMILES string of the molecule is CN(C)CCSCc1ccccc1C#CCCO. The number of rotatable bonds is 6. The molecule has 0 heterocycles. The molecular formula is C15H21NOS. The molecule has 0 amide bonds. The van der Waals surface area contributed by atoms with Gasteiger partial charge in [-0.1, -0.05) is 30.0 Å². The van der Waals surface area contributed by atoms with Crippen LogP contribution in [0.1, 0.15) is 17.5 Å². The second-order valence-corrected chi connectivity index (χ2v) is 5.39. The van der Waals surface area contributed by atoms with E-state index < -0.39 is 0 Å². The number of aliphatic hydroxyl groups excluding tert-OH is 1. The van der Waals surface area contributed by atoms with Crippen LogP contribution in [0.2, 0.25) is 0 Å². The summed E-state index contributed by atoms with van der Waals surface area (Å²) in [4.78, 5) is 2.19. The summed E-state index contributed by atoms with van der Waals surface area (Å²) in [5.41, 5.74) is 2.37. The monoisotopic (exact) mass is 263 g/mol. The van der Waals surface area contributed by atoms with Gasteiger partial charge in [0.1, 0.15) is 0 Å². The Morgan fingerprint density at radius 1 is 1.28 bits per heavy atom. The molecule has 0 aliphatic rings. The zero-order valence-electron chi connectivity index (χ0n) is 11.1. The van der Waals surface area contributed by atoms with Gasteiger partial charge in [0.05, 0.1) is 6.61 Å². The van der Waals surface area contributed by atoms with E-state index in [4.69, 9.17) is 5.11 Å². The highest BCUT2D eigenvalue weighted by atomic mass is 32.2. The lowest BCUT2D eigenvalue weighted by Gasteiger charge is -2.09. The summed E-state index contributed by atoms with van der Waals surface area (Å²) in [5.74, 6) is 8.24. The fourth-order valence-corrected chi connectivity index (χ4v) is 2.52. The molecular weight excluding hydrogens is 242 g/mol. The van der Waals surface area contributed by atoms with Gasteiger partial charge in [0, 0.05) is 30.0 Å². The Labute approximate surface area is 114 Å². The first-order chi connectivity index (χ1) is 8.74. The van der Waals surface area contributed by atoms with Gasteiger partial charge in [-0.05, 0) is 25.7 Å². The van der Waals surface area contributed by atoms with Crippen LogP contribution in [-0.2, 0) is 5.75 Å². The normalized spacial score (nSPS) is 10.2. The van der Waals surface area contributed by atoms with Crippen LogP contribution in [0.15, 0.2) is 24.3 Å². The third-order valence-electron chi connectivity index (χ3n) is 2.42. The van der Waals surface area contributed by atoms with Crippen molar-refractivity contribution in [3.8, 4) is 11.8 Å². The van der Waals surface area contributed by atoms with Gasteiger partial charge in [-0.2, -0.15) is 11.8 Å². The highest BCUT2D eigenvalue weighted by molar-refractivity contribution is 7.98. The Bertz CT molecular complexity index is 406. The Kier molecular flexibility index (Phi) is 7.59. The minimum absolute atomic E-state index is 0.132. The molecule has 0 saturated carbocycles. The van der Waals surface area contributed by atoms with Crippen LogP contribution in [0.4, 0.5) is 0 Å². The van der Waals surface area contributed by atoms with Crippen LogP contribution in [0.25, 0.3) is 0 Å². The molecule has 0 aliphatic heterocycles. The van der Waals surface area contributed by atoms with Gasteiger partial charge in [0.25, 0.3) is 0 Å². The van der Waals surface area contributed by atoms with E-state index in [9.17, 15) is 0 Å². The van der Waals surface area contributed by atoms with Crippen molar-refractivity contribution in [3.05, 3.63) is 35.4 Å². The first kappa shape index (κ1) is 15.1. The summed E-state index contributed by atoms with van der Waals surface area (Å²) in [7, 11) is 4.18. The molecule has 1 N–H and O–H groups in total. The molecule has 18 heavy (non-hydrogen) atoms. The Morgan fingerprint density at radius 3 is 2.78 bits per heavy atom. The molecule has 3 heteroatoms. The first-order valence-corrected chi connectivity index (χ1v) is 7.29. The van der Waals surface area contributed by atoms with Crippen molar-refractivity contribution in [2.45, 2.75) is 12.2 Å². The Hall–Kier alpha value is -0.950. The Morgan fingerprint density at radius 2 is 2.06 bits per heavy atom. The third kappa shape index (κ3) is 6.11. The third-order valence-corrected chi connectivity index (χ3v) is 3.40. The molecule has 1 aromatic carbocycles. The quantitative estimate of drug-likeness (QED) is 0.629. The molecule has 0 aromatic heterocycles. The molecule has 0 spiro atoms. The lowest BCUT2D eigenvalue weighted by molar-refractivity contribution is 0.305. The van der Waals surface area contributed by atoms with Gasteiger partial charge >= 0.3 is 0 Å². The van der Waals surface area contributed by atoms with Gasteiger partial charge in [-0.25, -0.2) is 0 Å². The number of nitrogens with zero attached hydrogens (tertiary/aromatic N) is 1. The largest absolute Gasteiger partial charge is 0.395 e. The summed E-state index contributed by atoms with van der Waals surface area (Å²) in [6, 6.07) is 8.24. The van der Waals surface area contributed by atoms with E-state index in [1.165, 1.54) is 5.56 Å². The molecule has 98 valence electrons. The molecule has 1 rings (SSSR count). The van der Waals surface area contributed by atoms with E-state index in [0.29, 0.717) is 6.42 Å². The summed E-state index contributed by atoms with van der Waals surface area (Å²) >= 11 is 1.93. The van der Waals surface area contributed by atoms with Gasteiger partial charge in [0.2, 0.25) is 0 Å². The lowest BCUT2D eigenvalue weighted by atomic mass is 10.1. The van der Waals surface area contributed by atoms with Gasteiger partial charge < -0.3 is 10.0 Å². The van der Waals surface area contributed by atoms with Crippen molar-refractivity contribution in [2.75, 3.05) is 33.0 Å². The maximum atomic E-state index is 8.73. The van der Waals surface area contributed by atoms with E-state index in [-0.39, 0.29) is 6.61 Å². The van der Waals surface area contributed by atoms with E-state index >= 15 is 0 Å². The maximum absolute atomic E-state index is 8.73. The number of aliphatic hydroxyl groups is 1. The van der Waals surface area contributed by atoms with E-state index in [1.54, 1.807) is 0 Å². The zero-order valence-corrected chi connectivity index (χ0v) is 12.0. The van der Waals surface area contributed by atoms with Crippen LogP contribution in [0.3, 0.4) is 0 Å². The van der Waals surface area contributed by atoms with Gasteiger partial charge in [-0.3, -0.25) is 0 Å². The van der Waals surface area contributed by atoms with Crippen molar-refractivity contribution in [1.29, 1.82) is 0 Å².